The van der Waals surface area contributed by atoms with Gasteiger partial charge in [-0.05, 0) is 42.8 Å². The maximum absolute atomic E-state index is 12.5. The number of carbonyl (C=O) groups is 1. The normalized spacial score (nSPS) is 16.4. The molecule has 0 spiro atoms. The molecule has 3 rings (SSSR count). The minimum Gasteiger partial charge on any atom is -0.508 e. The Morgan fingerprint density at radius 2 is 1.86 bits per heavy atom. The highest BCUT2D eigenvalue weighted by atomic mass is 16.3. The summed E-state index contributed by atoms with van der Waals surface area (Å²) in [6, 6.07) is 16.1. The van der Waals surface area contributed by atoms with Crippen LogP contribution in [-0.4, -0.2) is 16.7 Å². The number of aromatic hydroxyl groups is 1. The average molecular weight is 278 g/mol. The van der Waals surface area contributed by atoms with Gasteiger partial charge in [-0.25, -0.2) is 0 Å². The van der Waals surface area contributed by atoms with Gasteiger partial charge in [0.2, 0.25) is 0 Å². The molecule has 104 valence electrons. The molecule has 1 aliphatic rings. The molecule has 1 amide bonds. The van der Waals surface area contributed by atoms with Gasteiger partial charge in [-0.15, -0.1) is 0 Å². The Bertz CT molecular complexity index is 748. The SMILES string of the molecule is CC1=NN(c2ccccc2)C(=O)/C1=C\c1cccc(O)c1. The third kappa shape index (κ3) is 2.56. The summed E-state index contributed by atoms with van der Waals surface area (Å²) in [4.78, 5) is 12.5. The number of phenolic OH excluding ortho intramolecular Hbond substituents is 1. The molecule has 1 aliphatic heterocycles. The van der Waals surface area contributed by atoms with Crippen LogP contribution in [0.15, 0.2) is 65.3 Å². The Morgan fingerprint density at radius 3 is 2.57 bits per heavy atom. The minimum absolute atomic E-state index is 0.165. The number of hydrogen-bond acceptors (Lipinski definition) is 3. The van der Waals surface area contributed by atoms with Crippen LogP contribution in [0.2, 0.25) is 0 Å². The molecule has 1 N–H and O–H groups in total. The molecule has 4 heteroatoms. The lowest BCUT2D eigenvalue weighted by atomic mass is 10.1. The number of rotatable bonds is 2. The minimum atomic E-state index is -0.165. The van der Waals surface area contributed by atoms with Crippen molar-refractivity contribution in [3.05, 3.63) is 65.7 Å². The maximum Gasteiger partial charge on any atom is 0.280 e. The van der Waals surface area contributed by atoms with Crippen molar-refractivity contribution in [1.82, 2.24) is 0 Å². The van der Waals surface area contributed by atoms with Gasteiger partial charge in [0.25, 0.3) is 5.91 Å². The number of para-hydroxylation sites is 1. The number of phenols is 1. The van der Waals surface area contributed by atoms with Crippen LogP contribution in [0.25, 0.3) is 6.08 Å². The predicted molar refractivity (Wildman–Crippen MR) is 83.1 cm³/mol. The van der Waals surface area contributed by atoms with Crippen LogP contribution in [-0.2, 0) is 4.79 Å². The van der Waals surface area contributed by atoms with Gasteiger partial charge in [0, 0.05) is 0 Å². The molecule has 2 aromatic carbocycles. The molecule has 0 atom stereocenters. The summed E-state index contributed by atoms with van der Waals surface area (Å²) in [7, 11) is 0. The summed E-state index contributed by atoms with van der Waals surface area (Å²) in [6.07, 6.45) is 1.74. The highest BCUT2D eigenvalue weighted by Gasteiger charge is 2.28. The second-order valence-electron chi connectivity index (χ2n) is 4.79. The van der Waals surface area contributed by atoms with E-state index in [1.54, 1.807) is 31.2 Å². The van der Waals surface area contributed by atoms with Crippen LogP contribution in [0.4, 0.5) is 5.69 Å². The van der Waals surface area contributed by atoms with Crippen LogP contribution in [0.5, 0.6) is 5.75 Å². The molecule has 0 bridgehead atoms. The highest BCUT2D eigenvalue weighted by Crippen LogP contribution is 2.25. The molecule has 0 saturated carbocycles. The lowest BCUT2D eigenvalue weighted by Crippen LogP contribution is -2.21. The fourth-order valence-corrected chi connectivity index (χ4v) is 2.21. The van der Waals surface area contributed by atoms with E-state index in [1.165, 1.54) is 5.01 Å². The zero-order valence-corrected chi connectivity index (χ0v) is 11.5. The van der Waals surface area contributed by atoms with E-state index >= 15 is 0 Å². The summed E-state index contributed by atoms with van der Waals surface area (Å²) in [6.45, 7) is 1.80. The smallest absolute Gasteiger partial charge is 0.280 e. The Balaban J connectivity index is 1.96. The predicted octanol–water partition coefficient (Wildman–Crippen LogP) is 3.20. The fraction of sp³-hybridized carbons (Fsp3) is 0.0588. The summed E-state index contributed by atoms with van der Waals surface area (Å²) in [5.74, 6) is 0.00588. The maximum atomic E-state index is 12.5. The number of hydrazone groups is 1. The zero-order valence-electron chi connectivity index (χ0n) is 11.5. The van der Waals surface area contributed by atoms with E-state index in [4.69, 9.17) is 0 Å². The fourth-order valence-electron chi connectivity index (χ4n) is 2.21. The van der Waals surface area contributed by atoms with E-state index in [9.17, 15) is 9.90 Å². The van der Waals surface area contributed by atoms with Crippen LogP contribution < -0.4 is 5.01 Å². The Morgan fingerprint density at radius 1 is 1.10 bits per heavy atom. The molecule has 21 heavy (non-hydrogen) atoms. The second-order valence-corrected chi connectivity index (χ2v) is 4.79. The molecule has 0 radical (unpaired) electrons. The summed E-state index contributed by atoms with van der Waals surface area (Å²) in [5.41, 5.74) is 2.70. The highest BCUT2D eigenvalue weighted by molar-refractivity contribution is 6.32. The van der Waals surface area contributed by atoms with E-state index in [0.717, 1.165) is 11.3 Å². The van der Waals surface area contributed by atoms with E-state index < -0.39 is 0 Å². The van der Waals surface area contributed by atoms with Crippen molar-refractivity contribution < 1.29 is 9.90 Å². The molecular weight excluding hydrogens is 264 g/mol. The first-order valence-corrected chi connectivity index (χ1v) is 6.61. The van der Waals surface area contributed by atoms with E-state index in [2.05, 4.69) is 5.10 Å². The third-order valence-corrected chi connectivity index (χ3v) is 3.24. The van der Waals surface area contributed by atoms with E-state index in [-0.39, 0.29) is 11.7 Å². The van der Waals surface area contributed by atoms with Crippen molar-refractivity contribution >= 4 is 23.4 Å². The van der Waals surface area contributed by atoms with Crippen molar-refractivity contribution in [1.29, 1.82) is 0 Å². The van der Waals surface area contributed by atoms with Crippen LogP contribution in [0.3, 0.4) is 0 Å². The van der Waals surface area contributed by atoms with Crippen molar-refractivity contribution in [2.45, 2.75) is 6.92 Å². The number of amides is 1. The number of nitrogens with zero attached hydrogens (tertiary/aromatic N) is 2. The van der Waals surface area contributed by atoms with Crippen molar-refractivity contribution in [3.8, 4) is 5.75 Å². The molecule has 1 heterocycles. The molecule has 0 aliphatic carbocycles. The van der Waals surface area contributed by atoms with Gasteiger partial charge in [0.05, 0.1) is 17.0 Å². The Kier molecular flexibility index (Phi) is 3.28. The van der Waals surface area contributed by atoms with E-state index in [1.807, 2.05) is 36.4 Å². The van der Waals surface area contributed by atoms with Gasteiger partial charge in [0.1, 0.15) is 5.75 Å². The first kappa shape index (κ1) is 13.1. The lowest BCUT2D eigenvalue weighted by molar-refractivity contribution is -0.114. The second kappa shape index (κ2) is 5.25. The quantitative estimate of drug-likeness (QED) is 0.858. The Hall–Kier alpha value is -2.88. The summed E-state index contributed by atoms with van der Waals surface area (Å²) in [5, 5.41) is 15.2. The standard InChI is InChI=1S/C17H14N2O2/c1-12-16(11-13-6-5-9-15(20)10-13)17(21)19(18-12)14-7-3-2-4-8-14/h2-11,20H,1H3/b16-11-. The molecule has 0 aromatic heterocycles. The topological polar surface area (TPSA) is 52.9 Å². The van der Waals surface area contributed by atoms with E-state index in [0.29, 0.717) is 11.3 Å². The van der Waals surface area contributed by atoms with Crippen molar-refractivity contribution in [2.24, 2.45) is 5.10 Å². The van der Waals surface area contributed by atoms with Gasteiger partial charge in [-0.3, -0.25) is 4.79 Å². The molecule has 0 fully saturated rings. The van der Waals surface area contributed by atoms with Crippen LogP contribution in [0, 0.1) is 0 Å². The third-order valence-electron chi connectivity index (χ3n) is 3.24. The summed E-state index contributed by atoms with van der Waals surface area (Å²) >= 11 is 0. The van der Waals surface area contributed by atoms with Gasteiger partial charge < -0.3 is 5.11 Å². The number of benzene rings is 2. The number of hydrogen-bond donors (Lipinski definition) is 1. The van der Waals surface area contributed by atoms with Gasteiger partial charge in [-0.2, -0.15) is 10.1 Å². The summed E-state index contributed by atoms with van der Waals surface area (Å²) < 4.78 is 0. The van der Waals surface area contributed by atoms with Crippen LogP contribution in [0.1, 0.15) is 12.5 Å². The van der Waals surface area contributed by atoms with Crippen molar-refractivity contribution in [3.63, 3.8) is 0 Å². The average Bonchev–Trinajstić information content (AvgIpc) is 2.76. The number of anilines is 1. The largest absolute Gasteiger partial charge is 0.508 e. The monoisotopic (exact) mass is 278 g/mol. The molecular formula is C17H14N2O2. The molecule has 2 aromatic rings. The van der Waals surface area contributed by atoms with Gasteiger partial charge >= 0.3 is 0 Å². The lowest BCUT2D eigenvalue weighted by Gasteiger charge is -2.11. The number of carbonyl (C=O) groups excluding carboxylic acids is 1. The van der Waals surface area contributed by atoms with Gasteiger partial charge in [0.15, 0.2) is 0 Å². The first-order chi connectivity index (χ1) is 10.1. The molecule has 4 nitrogen and oxygen atoms in total. The Labute approximate surface area is 122 Å². The van der Waals surface area contributed by atoms with Crippen molar-refractivity contribution in [2.75, 3.05) is 5.01 Å². The first-order valence-electron chi connectivity index (χ1n) is 6.61. The molecule has 0 unspecified atom stereocenters. The van der Waals surface area contributed by atoms with Gasteiger partial charge in [-0.1, -0.05) is 30.3 Å². The molecule has 0 saturated heterocycles. The zero-order chi connectivity index (χ0) is 14.8. The van der Waals surface area contributed by atoms with Crippen LogP contribution >= 0.6 is 0 Å².